The first-order valence-electron chi connectivity index (χ1n) is 7.17. The van der Waals surface area contributed by atoms with Gasteiger partial charge in [0.15, 0.2) is 0 Å². The summed E-state index contributed by atoms with van der Waals surface area (Å²) >= 11 is 6.29. The molecule has 1 aromatic carbocycles. The summed E-state index contributed by atoms with van der Waals surface area (Å²) in [5, 5.41) is 0.777. The predicted molar refractivity (Wildman–Crippen MR) is 78.7 cm³/mol. The van der Waals surface area contributed by atoms with E-state index < -0.39 is 0 Å². The summed E-state index contributed by atoms with van der Waals surface area (Å²) in [5.41, 5.74) is 8.15. The zero-order valence-electron chi connectivity index (χ0n) is 11.1. The molecule has 2 unspecified atom stereocenters. The predicted octanol–water partition coefficient (Wildman–Crippen LogP) is 2.95. The smallest absolute Gasteiger partial charge is 0.0779 e. The van der Waals surface area contributed by atoms with Crippen LogP contribution in [0.4, 0.5) is 5.69 Å². The van der Waals surface area contributed by atoms with Gasteiger partial charge in [-0.25, -0.2) is 0 Å². The Bertz CT molecular complexity index is 450. The van der Waals surface area contributed by atoms with Gasteiger partial charge in [-0.2, -0.15) is 0 Å². The summed E-state index contributed by atoms with van der Waals surface area (Å²) in [4.78, 5) is 2.47. The lowest BCUT2D eigenvalue weighted by atomic mass is 9.89. The molecule has 0 radical (unpaired) electrons. The summed E-state index contributed by atoms with van der Waals surface area (Å²) in [6.07, 6.45) is 5.35. The lowest BCUT2D eigenvalue weighted by Crippen LogP contribution is -2.53. The van der Waals surface area contributed by atoms with Gasteiger partial charge < -0.3 is 15.4 Å². The van der Waals surface area contributed by atoms with E-state index in [0.717, 1.165) is 23.7 Å². The Kier molecular flexibility index (Phi) is 3.96. The van der Waals surface area contributed by atoms with Crippen molar-refractivity contribution < 1.29 is 4.74 Å². The van der Waals surface area contributed by atoms with E-state index in [4.69, 9.17) is 22.1 Å². The van der Waals surface area contributed by atoms with E-state index in [1.165, 1.54) is 31.4 Å². The third kappa shape index (κ3) is 2.47. The fraction of sp³-hybridized carbons (Fsp3) is 0.600. The van der Waals surface area contributed by atoms with Crippen molar-refractivity contribution in [2.75, 3.05) is 18.1 Å². The first-order chi connectivity index (χ1) is 9.31. The Morgan fingerprint density at radius 2 is 2.16 bits per heavy atom. The maximum absolute atomic E-state index is 6.29. The van der Waals surface area contributed by atoms with Gasteiger partial charge in [0.2, 0.25) is 0 Å². The quantitative estimate of drug-likeness (QED) is 0.905. The average Bonchev–Trinajstić information content (AvgIpc) is 2.46. The van der Waals surface area contributed by atoms with Gasteiger partial charge in [0.05, 0.1) is 18.8 Å². The van der Waals surface area contributed by atoms with Crippen LogP contribution in [0, 0.1) is 0 Å². The van der Waals surface area contributed by atoms with Crippen molar-refractivity contribution >= 4 is 17.3 Å². The maximum Gasteiger partial charge on any atom is 0.0779 e. The van der Waals surface area contributed by atoms with Gasteiger partial charge in [-0.1, -0.05) is 30.5 Å². The minimum Gasteiger partial charge on any atom is -0.374 e. The maximum atomic E-state index is 6.29. The van der Waals surface area contributed by atoms with E-state index >= 15 is 0 Å². The highest BCUT2D eigenvalue weighted by Crippen LogP contribution is 2.35. The van der Waals surface area contributed by atoms with Crippen molar-refractivity contribution in [3.63, 3.8) is 0 Å². The van der Waals surface area contributed by atoms with Crippen LogP contribution in [-0.4, -0.2) is 25.3 Å². The highest BCUT2D eigenvalue weighted by molar-refractivity contribution is 6.31. The van der Waals surface area contributed by atoms with E-state index in [-0.39, 0.29) is 0 Å². The van der Waals surface area contributed by atoms with Gasteiger partial charge in [0.25, 0.3) is 0 Å². The number of nitrogens with zero attached hydrogens (tertiary/aromatic N) is 1. The topological polar surface area (TPSA) is 38.5 Å². The molecule has 0 aromatic heterocycles. The van der Waals surface area contributed by atoms with Crippen LogP contribution in [0.15, 0.2) is 18.2 Å². The van der Waals surface area contributed by atoms with Crippen molar-refractivity contribution in [2.45, 2.75) is 44.4 Å². The lowest BCUT2D eigenvalue weighted by Gasteiger charge is -2.45. The molecular weight excluding hydrogens is 260 g/mol. The van der Waals surface area contributed by atoms with Gasteiger partial charge in [-0.3, -0.25) is 0 Å². The van der Waals surface area contributed by atoms with Crippen LogP contribution in [0.25, 0.3) is 0 Å². The first-order valence-corrected chi connectivity index (χ1v) is 7.55. The zero-order chi connectivity index (χ0) is 13.2. The largest absolute Gasteiger partial charge is 0.374 e. The second-order valence-electron chi connectivity index (χ2n) is 5.40. The van der Waals surface area contributed by atoms with Gasteiger partial charge >= 0.3 is 0 Å². The third-order valence-corrected chi connectivity index (χ3v) is 4.69. The number of halogens is 1. The Morgan fingerprint density at radius 3 is 3.00 bits per heavy atom. The molecule has 0 bridgehead atoms. The minimum absolute atomic E-state index is 0.382. The molecule has 2 fully saturated rings. The van der Waals surface area contributed by atoms with Crippen LogP contribution < -0.4 is 10.6 Å². The van der Waals surface area contributed by atoms with Gasteiger partial charge in [0.1, 0.15) is 0 Å². The van der Waals surface area contributed by atoms with Crippen molar-refractivity contribution in [2.24, 2.45) is 5.73 Å². The molecule has 4 heteroatoms. The number of morpholine rings is 1. The van der Waals surface area contributed by atoms with Crippen molar-refractivity contribution in [1.29, 1.82) is 0 Å². The van der Waals surface area contributed by atoms with Crippen LogP contribution in [0.3, 0.4) is 0 Å². The van der Waals surface area contributed by atoms with E-state index in [9.17, 15) is 0 Å². The van der Waals surface area contributed by atoms with Crippen molar-refractivity contribution in [3.05, 3.63) is 28.8 Å². The number of nitrogens with two attached hydrogens (primary N) is 1. The van der Waals surface area contributed by atoms with Crippen LogP contribution >= 0.6 is 11.6 Å². The first kappa shape index (κ1) is 13.2. The number of ether oxygens (including phenoxy) is 1. The fourth-order valence-electron chi connectivity index (χ4n) is 3.41. The van der Waals surface area contributed by atoms with E-state index in [0.29, 0.717) is 18.7 Å². The molecule has 1 saturated heterocycles. The second kappa shape index (κ2) is 5.70. The van der Waals surface area contributed by atoms with Crippen molar-refractivity contribution in [3.8, 4) is 0 Å². The molecule has 1 saturated carbocycles. The van der Waals surface area contributed by atoms with Gasteiger partial charge in [0, 0.05) is 29.4 Å². The average molecular weight is 281 g/mol. The molecule has 19 heavy (non-hydrogen) atoms. The number of rotatable bonds is 2. The number of benzene rings is 1. The van der Waals surface area contributed by atoms with Gasteiger partial charge in [-0.15, -0.1) is 0 Å². The highest BCUT2D eigenvalue weighted by Gasteiger charge is 2.35. The van der Waals surface area contributed by atoms with Crippen molar-refractivity contribution in [1.82, 2.24) is 0 Å². The number of hydrogen-bond acceptors (Lipinski definition) is 3. The SMILES string of the molecule is NCc1c(Cl)cccc1N1CCOC2CCCCC21. The van der Waals surface area contributed by atoms with Crippen LogP contribution in [0.2, 0.25) is 5.02 Å². The molecule has 1 aliphatic carbocycles. The van der Waals surface area contributed by atoms with E-state index in [1.54, 1.807) is 0 Å². The molecule has 3 rings (SSSR count). The highest BCUT2D eigenvalue weighted by atomic mass is 35.5. The summed E-state index contributed by atoms with van der Waals surface area (Å²) in [6, 6.07) is 6.58. The molecule has 2 N–H and O–H groups in total. The molecule has 0 amide bonds. The molecule has 3 nitrogen and oxygen atoms in total. The molecule has 2 atom stereocenters. The van der Waals surface area contributed by atoms with Crippen LogP contribution in [0.5, 0.6) is 0 Å². The molecule has 2 aliphatic rings. The van der Waals surface area contributed by atoms with Crippen LogP contribution in [0.1, 0.15) is 31.2 Å². The van der Waals surface area contributed by atoms with Crippen LogP contribution in [-0.2, 0) is 11.3 Å². The molecule has 1 aromatic rings. The Labute approximate surface area is 119 Å². The molecule has 0 spiro atoms. The summed E-state index contributed by atoms with van der Waals surface area (Å²) in [5.74, 6) is 0. The van der Waals surface area contributed by atoms with E-state index in [1.807, 2.05) is 12.1 Å². The monoisotopic (exact) mass is 280 g/mol. The summed E-state index contributed by atoms with van der Waals surface area (Å²) in [6.45, 7) is 2.23. The Hall–Kier alpha value is -0.770. The summed E-state index contributed by atoms with van der Waals surface area (Å²) < 4.78 is 5.93. The Morgan fingerprint density at radius 1 is 1.32 bits per heavy atom. The summed E-state index contributed by atoms with van der Waals surface area (Å²) in [7, 11) is 0. The van der Waals surface area contributed by atoms with E-state index in [2.05, 4.69) is 11.0 Å². The second-order valence-corrected chi connectivity index (χ2v) is 5.80. The Balaban J connectivity index is 1.94. The third-order valence-electron chi connectivity index (χ3n) is 4.34. The molecule has 104 valence electrons. The molecule has 1 heterocycles. The standard InChI is InChI=1S/C15H21ClN2O/c16-12-4-3-6-13(11(12)10-17)18-8-9-19-15-7-2-1-5-14(15)18/h3-4,6,14-15H,1-2,5,7-10,17H2. The number of anilines is 1. The zero-order valence-corrected chi connectivity index (χ0v) is 11.9. The molecule has 1 aliphatic heterocycles. The molecular formula is C15H21ClN2O. The number of hydrogen-bond donors (Lipinski definition) is 1. The lowest BCUT2D eigenvalue weighted by molar-refractivity contribution is -0.00873. The van der Waals surface area contributed by atoms with Gasteiger partial charge in [-0.05, 0) is 25.0 Å². The minimum atomic E-state index is 0.382. The normalized spacial score (nSPS) is 27.2. The number of fused-ring (bicyclic) bond motifs is 1. The fourth-order valence-corrected chi connectivity index (χ4v) is 3.66.